The lowest BCUT2D eigenvalue weighted by Gasteiger charge is -2.09. The Hall–Kier alpha value is -0.640. The van der Waals surface area contributed by atoms with E-state index in [9.17, 15) is 11.7 Å². The van der Waals surface area contributed by atoms with Gasteiger partial charge in [-0.05, 0) is 24.1 Å². The molecule has 1 rings (SSSR count). The third-order valence-corrected chi connectivity index (χ3v) is 2.41. The molecule has 0 aliphatic carbocycles. The van der Waals surface area contributed by atoms with Gasteiger partial charge in [0.05, 0.1) is 4.90 Å². The first-order valence-corrected chi connectivity index (χ1v) is 4.88. The Kier molecular flexibility index (Phi) is 2.67. The summed E-state index contributed by atoms with van der Waals surface area (Å²) in [6, 6.07) is 5.34. The smallest absolute Gasteiger partial charge is 0.120 e. The number of hydrogen-bond donors (Lipinski definition) is 0. The van der Waals surface area contributed by atoms with Gasteiger partial charge in [-0.25, -0.2) is 0 Å². The van der Waals surface area contributed by atoms with Crippen LogP contribution in [0.5, 0.6) is 0 Å². The van der Waals surface area contributed by atoms with Gasteiger partial charge in [-0.2, -0.15) is 0 Å². The van der Waals surface area contributed by atoms with Gasteiger partial charge in [-0.15, -0.1) is 11.7 Å². The molecule has 0 amide bonds. The summed E-state index contributed by atoms with van der Waals surface area (Å²) in [6.07, 6.45) is 0.771. The van der Waals surface area contributed by atoms with Crippen LogP contribution in [0.15, 0.2) is 29.2 Å². The van der Waals surface area contributed by atoms with Crippen LogP contribution in [-0.4, -0.2) is 0 Å². The van der Waals surface area contributed by atoms with Crippen molar-refractivity contribution >= 4 is 11.2 Å². The molecule has 0 saturated carbocycles. The summed E-state index contributed by atoms with van der Waals surface area (Å²) in [5.41, 5.74) is 0.933. The van der Waals surface area contributed by atoms with Gasteiger partial charge < -0.3 is 0 Å². The summed E-state index contributed by atoms with van der Waals surface area (Å²) >= 11 is -5.03. The number of hydrogen-bond acceptors (Lipinski definition) is 0. The second kappa shape index (κ2) is 3.39. The Balaban J connectivity index is 2.93. The van der Waals surface area contributed by atoms with Crippen LogP contribution in [-0.2, 0) is 6.42 Å². The van der Waals surface area contributed by atoms with E-state index in [1.807, 2.05) is 6.92 Å². The van der Waals surface area contributed by atoms with E-state index in [-0.39, 0.29) is 0 Å². The second-order valence-corrected chi connectivity index (χ2v) is 3.69. The molecular weight excluding hydrogens is 185 g/mol. The largest absolute Gasteiger partial charge is 0.237 e. The average molecular weight is 194 g/mol. The Bertz CT molecular complexity index is 250. The average Bonchev–Trinajstić information content (AvgIpc) is 2.03. The van der Waals surface area contributed by atoms with Gasteiger partial charge in [0.1, 0.15) is 0 Å². The fourth-order valence-electron chi connectivity index (χ4n) is 0.879. The van der Waals surface area contributed by atoms with Gasteiger partial charge in [0, 0.05) is 0 Å². The molecule has 4 heteroatoms. The highest BCUT2D eigenvalue weighted by atomic mass is 32.3. The summed E-state index contributed by atoms with van der Waals surface area (Å²) in [5, 5.41) is 0. The molecule has 0 unspecified atom stereocenters. The monoisotopic (exact) mass is 194 g/mol. The van der Waals surface area contributed by atoms with Gasteiger partial charge in [-0.3, -0.25) is 0 Å². The van der Waals surface area contributed by atoms with Crippen LogP contribution in [0.1, 0.15) is 12.5 Å². The second-order valence-electron chi connectivity index (χ2n) is 2.40. The van der Waals surface area contributed by atoms with Crippen molar-refractivity contribution < 1.29 is 11.7 Å². The molecule has 1 aromatic rings. The molecule has 12 heavy (non-hydrogen) atoms. The molecule has 68 valence electrons. The maximum absolute atomic E-state index is 12.1. The normalized spacial score (nSPS) is 13.0. The van der Waals surface area contributed by atoms with Crippen molar-refractivity contribution in [3.05, 3.63) is 29.8 Å². The molecule has 0 fully saturated rings. The van der Waals surface area contributed by atoms with Crippen LogP contribution in [0.2, 0.25) is 0 Å². The van der Waals surface area contributed by atoms with E-state index in [1.54, 1.807) is 0 Å². The Morgan fingerprint density at radius 3 is 1.92 bits per heavy atom. The van der Waals surface area contributed by atoms with Crippen molar-refractivity contribution in [2.24, 2.45) is 0 Å². The number of halogens is 3. The number of rotatable bonds is 2. The molecule has 0 heterocycles. The third kappa shape index (κ3) is 2.17. The van der Waals surface area contributed by atoms with Gasteiger partial charge >= 0.3 is 0 Å². The van der Waals surface area contributed by atoms with Crippen molar-refractivity contribution in [1.82, 2.24) is 0 Å². The molecule has 0 radical (unpaired) electrons. The summed E-state index contributed by atoms with van der Waals surface area (Å²) in [7, 11) is 0. The zero-order valence-electron chi connectivity index (χ0n) is 6.56. The van der Waals surface area contributed by atoms with Crippen molar-refractivity contribution in [1.29, 1.82) is 0 Å². The molecule has 0 spiro atoms. The quantitative estimate of drug-likeness (QED) is 0.665. The highest BCUT2D eigenvalue weighted by Gasteiger charge is 2.23. The minimum absolute atomic E-state index is 0.500. The van der Waals surface area contributed by atoms with Gasteiger partial charge in [0.2, 0.25) is 11.2 Å². The first kappa shape index (κ1) is 9.45. The van der Waals surface area contributed by atoms with Crippen molar-refractivity contribution in [2.45, 2.75) is 18.2 Å². The minimum atomic E-state index is -5.03. The molecular formula is C8H9F3S. The first-order valence-electron chi connectivity index (χ1n) is 3.55. The Morgan fingerprint density at radius 1 is 1.08 bits per heavy atom. The molecule has 0 aromatic heterocycles. The number of aryl methyl sites for hydroxylation is 1. The van der Waals surface area contributed by atoms with E-state index in [0.29, 0.717) is 0 Å². The minimum Gasteiger partial charge on any atom is -0.120 e. The molecule has 0 bridgehead atoms. The maximum atomic E-state index is 12.1. The SMILES string of the molecule is CCc1ccc(S(F)(F)F)cc1. The fraction of sp³-hybridized carbons (Fsp3) is 0.250. The van der Waals surface area contributed by atoms with Crippen LogP contribution in [0.4, 0.5) is 11.7 Å². The number of benzene rings is 1. The Labute approximate surface area is 71.6 Å². The molecule has 0 N–H and O–H groups in total. The molecule has 1 aromatic carbocycles. The maximum Gasteiger partial charge on any atom is 0.237 e. The summed E-state index contributed by atoms with van der Waals surface area (Å²) in [5.74, 6) is 0. The Morgan fingerprint density at radius 2 is 1.58 bits per heavy atom. The van der Waals surface area contributed by atoms with Crippen molar-refractivity contribution in [3.63, 3.8) is 0 Å². The highest BCUT2D eigenvalue weighted by Crippen LogP contribution is 2.60. The van der Waals surface area contributed by atoms with Crippen molar-refractivity contribution in [3.8, 4) is 0 Å². The lowest BCUT2D eigenvalue weighted by Crippen LogP contribution is -1.82. The molecule has 0 saturated heterocycles. The van der Waals surface area contributed by atoms with Gasteiger partial charge in [0.25, 0.3) is 0 Å². The van der Waals surface area contributed by atoms with Crippen LogP contribution in [0.25, 0.3) is 0 Å². The van der Waals surface area contributed by atoms with Crippen LogP contribution < -0.4 is 0 Å². The van der Waals surface area contributed by atoms with E-state index in [0.717, 1.165) is 24.1 Å². The molecule has 0 aliphatic heterocycles. The lowest BCUT2D eigenvalue weighted by molar-refractivity contribution is 0.633. The van der Waals surface area contributed by atoms with E-state index < -0.39 is 16.1 Å². The highest BCUT2D eigenvalue weighted by molar-refractivity contribution is 8.20. The van der Waals surface area contributed by atoms with Crippen molar-refractivity contribution in [2.75, 3.05) is 0 Å². The zero-order chi connectivity index (χ0) is 9.19. The molecule has 0 aliphatic rings. The van der Waals surface area contributed by atoms with Crippen LogP contribution >= 0.6 is 11.2 Å². The van der Waals surface area contributed by atoms with E-state index in [1.165, 1.54) is 12.1 Å². The fourth-order valence-corrected chi connectivity index (χ4v) is 1.32. The molecule has 0 atom stereocenters. The topological polar surface area (TPSA) is 0 Å². The van der Waals surface area contributed by atoms with E-state index in [2.05, 4.69) is 0 Å². The third-order valence-electron chi connectivity index (χ3n) is 1.60. The summed E-state index contributed by atoms with van der Waals surface area (Å²) in [4.78, 5) is -0.500. The van der Waals surface area contributed by atoms with Gasteiger partial charge in [-0.1, -0.05) is 19.1 Å². The van der Waals surface area contributed by atoms with E-state index in [4.69, 9.17) is 0 Å². The van der Waals surface area contributed by atoms with Crippen LogP contribution in [0, 0.1) is 0 Å². The lowest BCUT2D eigenvalue weighted by atomic mass is 10.2. The predicted octanol–water partition coefficient (Wildman–Crippen LogP) is 4.07. The molecule has 0 nitrogen and oxygen atoms in total. The zero-order valence-corrected chi connectivity index (χ0v) is 7.38. The summed E-state index contributed by atoms with van der Waals surface area (Å²) in [6.45, 7) is 1.91. The van der Waals surface area contributed by atoms with E-state index >= 15 is 0 Å². The first-order chi connectivity index (χ1) is 5.54. The van der Waals surface area contributed by atoms with Crippen LogP contribution in [0.3, 0.4) is 0 Å². The van der Waals surface area contributed by atoms with Gasteiger partial charge in [0.15, 0.2) is 0 Å². The summed E-state index contributed by atoms with van der Waals surface area (Å²) < 4.78 is 36.3. The predicted molar refractivity (Wildman–Crippen MR) is 45.0 cm³/mol. The standard InChI is InChI=1S/C8H9F3S/c1-2-7-3-5-8(6-4-7)12(9,10)11/h3-6H,2H2,1H3.